The van der Waals surface area contributed by atoms with E-state index < -0.39 is 0 Å². The van der Waals surface area contributed by atoms with Crippen LogP contribution in [0.25, 0.3) is 0 Å². The van der Waals surface area contributed by atoms with Crippen molar-refractivity contribution >= 4 is 11.8 Å². The molecule has 0 aliphatic heterocycles. The molecule has 0 aliphatic carbocycles. The minimum atomic E-state index is 0.824. The molecule has 1 rings (SSSR count). The van der Waals surface area contributed by atoms with Crippen molar-refractivity contribution < 1.29 is 4.74 Å². The van der Waals surface area contributed by atoms with Crippen LogP contribution in [0.2, 0.25) is 0 Å². The molecule has 0 spiro atoms. The number of para-hydroxylation sites is 1. The average molecular weight is 212 g/mol. The maximum atomic E-state index is 5.49. The Labute approximate surface area is 91.9 Å². The zero-order chi connectivity index (χ0) is 10.6. The molecule has 0 unspecified atom stereocenters. The van der Waals surface area contributed by atoms with Gasteiger partial charge in [0.2, 0.25) is 0 Å². The summed E-state index contributed by atoms with van der Waals surface area (Å²) in [6.45, 7) is 4.82. The predicted octanol–water partition coefficient (Wildman–Crippen LogP) is 3.84. The van der Waals surface area contributed by atoms with Gasteiger partial charge in [-0.15, -0.1) is 0 Å². The first-order valence-electron chi connectivity index (χ1n) is 5.10. The van der Waals surface area contributed by atoms with Crippen molar-refractivity contribution in [3.8, 4) is 5.75 Å². The molecule has 1 aromatic rings. The zero-order valence-electron chi connectivity index (χ0n) is 9.32. The first-order valence-corrected chi connectivity index (χ1v) is 6.49. The van der Waals surface area contributed by atoms with Crippen LogP contribution < -0.4 is 4.74 Å². The van der Waals surface area contributed by atoms with Crippen molar-refractivity contribution in [2.45, 2.75) is 20.3 Å². The summed E-state index contributed by atoms with van der Waals surface area (Å²) in [7, 11) is 0. The number of rotatable bonds is 5. The summed E-state index contributed by atoms with van der Waals surface area (Å²) >= 11 is 1.86. The molecule has 80 valence electrons. The molecule has 0 saturated heterocycles. The van der Waals surface area contributed by atoms with Crippen LogP contribution in [-0.2, 0) is 0 Å². The van der Waals surface area contributed by atoms with Crippen LogP contribution >= 0.6 is 11.8 Å². The van der Waals surface area contributed by atoms with Gasteiger partial charge in [-0.3, -0.25) is 0 Å². The quantitative estimate of drug-likeness (QED) is 0.686. The molecule has 0 saturated carbocycles. The van der Waals surface area contributed by atoms with Crippen LogP contribution in [0.3, 0.4) is 0 Å². The number of hydrogen-bond donors (Lipinski definition) is 0. The lowest BCUT2D eigenvalue weighted by Gasteiger charge is -2.03. The normalized spacial score (nSPS) is 8.79. The molecule has 0 N–H and O–H groups in total. The van der Waals surface area contributed by atoms with E-state index in [2.05, 4.69) is 6.26 Å². The number of hydrogen-bond acceptors (Lipinski definition) is 2. The summed E-state index contributed by atoms with van der Waals surface area (Å²) in [6, 6.07) is 9.95. The van der Waals surface area contributed by atoms with Gasteiger partial charge in [-0.1, -0.05) is 32.0 Å². The van der Waals surface area contributed by atoms with Crippen LogP contribution in [0.1, 0.15) is 20.3 Å². The second-order valence-electron chi connectivity index (χ2n) is 2.51. The monoisotopic (exact) mass is 212 g/mol. The van der Waals surface area contributed by atoms with E-state index in [1.54, 1.807) is 0 Å². The van der Waals surface area contributed by atoms with E-state index in [4.69, 9.17) is 4.74 Å². The minimum Gasteiger partial charge on any atom is -0.494 e. The highest BCUT2D eigenvalue weighted by atomic mass is 32.2. The maximum Gasteiger partial charge on any atom is 0.119 e. The molecule has 0 bridgehead atoms. The topological polar surface area (TPSA) is 9.23 Å². The average Bonchev–Trinajstić information content (AvgIpc) is 2.29. The van der Waals surface area contributed by atoms with Gasteiger partial charge in [-0.2, -0.15) is 11.8 Å². The molecule has 1 nitrogen and oxygen atoms in total. The summed E-state index contributed by atoms with van der Waals surface area (Å²) in [6.07, 6.45) is 3.23. The Morgan fingerprint density at radius 2 is 1.79 bits per heavy atom. The first kappa shape index (κ1) is 13.4. The molecule has 0 heterocycles. The Morgan fingerprint density at radius 1 is 1.14 bits per heavy atom. The maximum absolute atomic E-state index is 5.49. The molecule has 0 amide bonds. The van der Waals surface area contributed by atoms with E-state index >= 15 is 0 Å². The standard InChI is InChI=1S/C10H14OS.C2H6/c1-12-9-5-8-11-10-6-3-2-4-7-10;1-2/h2-4,6-7H,5,8-9H2,1H3;1-2H3. The SMILES string of the molecule is CC.CSCCCOc1ccccc1. The van der Waals surface area contributed by atoms with E-state index in [9.17, 15) is 0 Å². The van der Waals surface area contributed by atoms with Gasteiger partial charge in [-0.25, -0.2) is 0 Å². The largest absolute Gasteiger partial charge is 0.494 e. The second-order valence-corrected chi connectivity index (χ2v) is 3.49. The zero-order valence-corrected chi connectivity index (χ0v) is 10.1. The van der Waals surface area contributed by atoms with E-state index in [-0.39, 0.29) is 0 Å². The molecule has 0 atom stereocenters. The van der Waals surface area contributed by atoms with Crippen LogP contribution in [0, 0.1) is 0 Å². The third-order valence-electron chi connectivity index (χ3n) is 1.50. The fourth-order valence-electron chi connectivity index (χ4n) is 0.910. The fraction of sp³-hybridized carbons (Fsp3) is 0.500. The highest BCUT2D eigenvalue weighted by Gasteiger charge is 1.90. The van der Waals surface area contributed by atoms with Crippen LogP contribution in [0.4, 0.5) is 0 Å². The Hall–Kier alpha value is -0.630. The summed E-state index contributed by atoms with van der Waals surface area (Å²) in [5.41, 5.74) is 0. The lowest BCUT2D eigenvalue weighted by Crippen LogP contribution is -1.97. The Kier molecular flexibility index (Phi) is 9.98. The highest BCUT2D eigenvalue weighted by molar-refractivity contribution is 7.98. The fourth-order valence-corrected chi connectivity index (χ4v) is 1.32. The predicted molar refractivity (Wildman–Crippen MR) is 66.3 cm³/mol. The number of benzene rings is 1. The Morgan fingerprint density at radius 3 is 2.36 bits per heavy atom. The van der Waals surface area contributed by atoms with E-state index in [0.29, 0.717) is 0 Å². The van der Waals surface area contributed by atoms with Crippen molar-refractivity contribution in [2.75, 3.05) is 18.6 Å². The van der Waals surface area contributed by atoms with Gasteiger partial charge < -0.3 is 4.74 Å². The summed E-state index contributed by atoms with van der Waals surface area (Å²) in [4.78, 5) is 0. The molecule has 14 heavy (non-hydrogen) atoms. The summed E-state index contributed by atoms with van der Waals surface area (Å²) < 4.78 is 5.49. The van der Waals surface area contributed by atoms with E-state index in [1.807, 2.05) is 55.9 Å². The molecule has 0 fully saturated rings. The Balaban J connectivity index is 0.000000791. The molecular weight excluding hydrogens is 192 g/mol. The van der Waals surface area contributed by atoms with Gasteiger partial charge in [0.05, 0.1) is 6.61 Å². The minimum absolute atomic E-state index is 0.824. The third-order valence-corrected chi connectivity index (χ3v) is 2.20. The van der Waals surface area contributed by atoms with Gasteiger partial charge in [0.15, 0.2) is 0 Å². The van der Waals surface area contributed by atoms with Crippen LogP contribution in [0.15, 0.2) is 30.3 Å². The highest BCUT2D eigenvalue weighted by Crippen LogP contribution is 2.08. The van der Waals surface area contributed by atoms with E-state index in [1.165, 1.54) is 5.75 Å². The van der Waals surface area contributed by atoms with Crippen molar-refractivity contribution in [1.29, 1.82) is 0 Å². The van der Waals surface area contributed by atoms with Crippen molar-refractivity contribution in [3.63, 3.8) is 0 Å². The summed E-state index contributed by atoms with van der Waals surface area (Å²) in [5.74, 6) is 2.14. The van der Waals surface area contributed by atoms with Crippen LogP contribution in [-0.4, -0.2) is 18.6 Å². The van der Waals surface area contributed by atoms with Crippen molar-refractivity contribution in [3.05, 3.63) is 30.3 Å². The van der Waals surface area contributed by atoms with Gasteiger partial charge in [0, 0.05) is 0 Å². The first-order chi connectivity index (χ1) is 6.93. The van der Waals surface area contributed by atoms with Crippen molar-refractivity contribution in [1.82, 2.24) is 0 Å². The molecule has 2 heteroatoms. The van der Waals surface area contributed by atoms with Crippen LogP contribution in [0.5, 0.6) is 5.75 Å². The lowest BCUT2D eigenvalue weighted by atomic mass is 10.3. The molecule has 0 aromatic heterocycles. The van der Waals surface area contributed by atoms with Crippen molar-refractivity contribution in [2.24, 2.45) is 0 Å². The third kappa shape index (κ3) is 6.84. The van der Waals surface area contributed by atoms with Gasteiger partial charge >= 0.3 is 0 Å². The summed E-state index contributed by atoms with van der Waals surface area (Å²) in [5, 5.41) is 0. The number of ether oxygens (including phenoxy) is 1. The molecule has 0 aliphatic rings. The van der Waals surface area contributed by atoms with Gasteiger partial charge in [0.1, 0.15) is 5.75 Å². The van der Waals surface area contributed by atoms with Gasteiger partial charge in [0.25, 0.3) is 0 Å². The smallest absolute Gasteiger partial charge is 0.119 e. The molecule has 1 aromatic carbocycles. The Bertz CT molecular complexity index is 199. The van der Waals surface area contributed by atoms with E-state index in [0.717, 1.165) is 18.8 Å². The van der Waals surface area contributed by atoms with Gasteiger partial charge in [-0.05, 0) is 30.6 Å². The molecule has 0 radical (unpaired) electrons. The lowest BCUT2D eigenvalue weighted by molar-refractivity contribution is 0.319. The second kappa shape index (κ2) is 10.5. The number of thioether (sulfide) groups is 1. The molecular formula is C12H20OS.